The van der Waals surface area contributed by atoms with E-state index in [0.717, 1.165) is 18.7 Å². The molecule has 0 spiro atoms. The van der Waals surface area contributed by atoms with Gasteiger partial charge in [0.25, 0.3) is 0 Å². The molecule has 1 N–H and O–H groups in total. The normalized spacial score (nSPS) is 10.3. The fourth-order valence-corrected chi connectivity index (χ4v) is 1.86. The van der Waals surface area contributed by atoms with Crippen LogP contribution in [0.25, 0.3) is 0 Å². The Balaban J connectivity index is 2.44. The number of ether oxygens (including phenoxy) is 1. The zero-order chi connectivity index (χ0) is 14.1. The first-order valence-corrected chi connectivity index (χ1v) is 6.80. The van der Waals surface area contributed by atoms with E-state index in [1.807, 2.05) is 0 Å². The third kappa shape index (κ3) is 5.28. The Bertz CT molecular complexity index is 407. The molecule has 0 bridgehead atoms. The van der Waals surface area contributed by atoms with Crippen LogP contribution in [0.5, 0.6) is 0 Å². The highest BCUT2D eigenvalue weighted by Crippen LogP contribution is 2.16. The number of hydrogen-bond donors (Lipinski definition) is 1. The molecule has 19 heavy (non-hydrogen) atoms. The molecule has 0 heterocycles. The molecule has 0 fully saturated rings. The lowest BCUT2D eigenvalue weighted by molar-refractivity contribution is 0.0595. The van der Waals surface area contributed by atoms with Crippen LogP contribution in [0.3, 0.4) is 0 Å². The number of halogens is 1. The average molecular weight is 267 g/mol. The molecule has 0 saturated heterocycles. The number of benzene rings is 1. The van der Waals surface area contributed by atoms with E-state index in [1.165, 1.54) is 44.9 Å². The predicted octanol–water partition coefficient (Wildman–Crippen LogP) is 3.99. The Morgan fingerprint density at radius 3 is 2.68 bits per heavy atom. The van der Waals surface area contributed by atoms with Crippen molar-refractivity contribution in [1.82, 2.24) is 0 Å². The molecular weight excluding hydrogens is 245 g/mol. The van der Waals surface area contributed by atoms with Crippen LogP contribution in [-0.4, -0.2) is 19.6 Å². The molecule has 0 aliphatic rings. The molecule has 4 heteroatoms. The largest absolute Gasteiger partial charge is 0.465 e. The summed E-state index contributed by atoms with van der Waals surface area (Å²) in [5.74, 6) is -1.20. The van der Waals surface area contributed by atoms with Crippen molar-refractivity contribution in [3.63, 3.8) is 0 Å². The molecule has 0 radical (unpaired) electrons. The highest BCUT2D eigenvalue weighted by atomic mass is 19.1. The molecule has 0 unspecified atom stereocenters. The molecule has 1 rings (SSSR count). The van der Waals surface area contributed by atoms with Gasteiger partial charge in [-0.25, -0.2) is 9.18 Å². The van der Waals surface area contributed by atoms with E-state index < -0.39 is 11.8 Å². The van der Waals surface area contributed by atoms with Gasteiger partial charge in [-0.05, 0) is 24.6 Å². The van der Waals surface area contributed by atoms with Gasteiger partial charge < -0.3 is 10.1 Å². The topological polar surface area (TPSA) is 38.3 Å². The number of hydrogen-bond acceptors (Lipinski definition) is 3. The minimum absolute atomic E-state index is 0.0292. The fraction of sp³-hybridized carbons (Fsp3) is 0.533. The number of esters is 1. The van der Waals surface area contributed by atoms with Crippen molar-refractivity contribution in [2.24, 2.45) is 0 Å². The van der Waals surface area contributed by atoms with Crippen LogP contribution in [0.4, 0.5) is 10.1 Å². The van der Waals surface area contributed by atoms with Gasteiger partial charge in [-0.1, -0.05) is 32.6 Å². The summed E-state index contributed by atoms with van der Waals surface area (Å²) < 4.78 is 17.9. The van der Waals surface area contributed by atoms with E-state index >= 15 is 0 Å². The van der Waals surface area contributed by atoms with E-state index in [1.54, 1.807) is 6.07 Å². The van der Waals surface area contributed by atoms with Crippen molar-refractivity contribution in [3.05, 3.63) is 29.6 Å². The van der Waals surface area contributed by atoms with Gasteiger partial charge in [0.15, 0.2) is 0 Å². The average Bonchev–Trinajstić information content (AvgIpc) is 2.43. The van der Waals surface area contributed by atoms with Gasteiger partial charge in [0.05, 0.1) is 12.7 Å². The summed E-state index contributed by atoms with van der Waals surface area (Å²) in [5.41, 5.74) is 0.718. The van der Waals surface area contributed by atoms with E-state index in [9.17, 15) is 9.18 Å². The second-order valence-corrected chi connectivity index (χ2v) is 4.53. The number of carbonyl (C=O) groups is 1. The molecule has 106 valence electrons. The predicted molar refractivity (Wildman–Crippen MR) is 75.0 cm³/mol. The molecule has 0 aliphatic heterocycles. The first kappa shape index (κ1) is 15.5. The third-order valence-electron chi connectivity index (χ3n) is 2.98. The molecular formula is C15H22FNO2. The number of rotatable bonds is 8. The lowest BCUT2D eigenvalue weighted by atomic mass is 10.1. The van der Waals surface area contributed by atoms with Gasteiger partial charge in [0.2, 0.25) is 0 Å². The first-order chi connectivity index (χ1) is 9.19. The van der Waals surface area contributed by atoms with E-state index in [2.05, 4.69) is 17.0 Å². The quantitative estimate of drug-likeness (QED) is 0.571. The van der Waals surface area contributed by atoms with E-state index in [0.29, 0.717) is 0 Å². The summed E-state index contributed by atoms with van der Waals surface area (Å²) in [6.45, 7) is 3.01. The number of carbonyl (C=O) groups excluding carboxylic acids is 1. The first-order valence-electron chi connectivity index (χ1n) is 6.80. The monoisotopic (exact) mass is 267 g/mol. The van der Waals surface area contributed by atoms with Gasteiger partial charge in [0, 0.05) is 12.2 Å². The number of nitrogens with one attached hydrogen (secondary N) is 1. The maximum Gasteiger partial charge on any atom is 0.340 e. The Morgan fingerprint density at radius 1 is 1.26 bits per heavy atom. The maximum absolute atomic E-state index is 13.4. The summed E-state index contributed by atoms with van der Waals surface area (Å²) >= 11 is 0. The maximum atomic E-state index is 13.4. The molecule has 1 aromatic carbocycles. The van der Waals surface area contributed by atoms with Crippen LogP contribution in [-0.2, 0) is 4.74 Å². The molecule has 3 nitrogen and oxygen atoms in total. The van der Waals surface area contributed by atoms with Crippen LogP contribution in [0.2, 0.25) is 0 Å². The SMILES string of the molecule is CCCCCCCNc1ccc(F)c(C(=O)OC)c1. The molecule has 0 saturated carbocycles. The fourth-order valence-electron chi connectivity index (χ4n) is 1.86. The summed E-state index contributed by atoms with van der Waals surface area (Å²) in [4.78, 5) is 11.3. The molecule has 0 amide bonds. The van der Waals surface area contributed by atoms with Gasteiger partial charge in [-0.15, -0.1) is 0 Å². The van der Waals surface area contributed by atoms with Crippen molar-refractivity contribution in [1.29, 1.82) is 0 Å². The van der Waals surface area contributed by atoms with Crippen molar-refractivity contribution in [2.75, 3.05) is 19.0 Å². The lowest BCUT2D eigenvalue weighted by Crippen LogP contribution is -2.07. The van der Waals surface area contributed by atoms with E-state index in [4.69, 9.17) is 0 Å². The lowest BCUT2D eigenvalue weighted by Gasteiger charge is -2.08. The summed E-state index contributed by atoms with van der Waals surface area (Å²) in [6.07, 6.45) is 6.00. The van der Waals surface area contributed by atoms with E-state index in [-0.39, 0.29) is 5.56 Å². The molecule has 0 aromatic heterocycles. The standard InChI is InChI=1S/C15H22FNO2/c1-3-4-5-6-7-10-17-12-8-9-14(16)13(11-12)15(18)19-2/h8-9,11,17H,3-7,10H2,1-2H3. The molecule has 0 aliphatic carbocycles. The Labute approximate surface area is 114 Å². The number of methoxy groups -OCH3 is 1. The van der Waals surface area contributed by atoms with Crippen LogP contribution in [0.15, 0.2) is 18.2 Å². The Kier molecular flexibility index (Phi) is 6.93. The smallest absolute Gasteiger partial charge is 0.340 e. The van der Waals surface area contributed by atoms with Crippen molar-refractivity contribution in [2.45, 2.75) is 39.0 Å². The minimum atomic E-state index is -0.649. The zero-order valence-corrected chi connectivity index (χ0v) is 11.7. The van der Waals surface area contributed by atoms with Crippen LogP contribution in [0.1, 0.15) is 49.4 Å². The summed E-state index contributed by atoms with van der Waals surface area (Å²) in [6, 6.07) is 4.41. The van der Waals surface area contributed by atoms with Gasteiger partial charge in [-0.2, -0.15) is 0 Å². The zero-order valence-electron chi connectivity index (χ0n) is 11.7. The van der Waals surface area contributed by atoms with Crippen molar-refractivity contribution >= 4 is 11.7 Å². The second-order valence-electron chi connectivity index (χ2n) is 4.53. The Morgan fingerprint density at radius 2 is 2.00 bits per heavy atom. The van der Waals surface area contributed by atoms with Crippen LogP contribution in [0, 0.1) is 5.82 Å². The van der Waals surface area contributed by atoms with Crippen molar-refractivity contribution in [3.8, 4) is 0 Å². The highest BCUT2D eigenvalue weighted by Gasteiger charge is 2.12. The van der Waals surface area contributed by atoms with Gasteiger partial charge >= 0.3 is 5.97 Å². The summed E-state index contributed by atoms with van der Waals surface area (Å²) in [7, 11) is 1.25. The second kappa shape index (κ2) is 8.51. The molecule has 0 atom stereocenters. The highest BCUT2D eigenvalue weighted by molar-refractivity contribution is 5.90. The molecule has 1 aromatic rings. The summed E-state index contributed by atoms with van der Waals surface area (Å²) in [5, 5.41) is 3.19. The number of unbranched alkanes of at least 4 members (excludes halogenated alkanes) is 4. The van der Waals surface area contributed by atoms with Crippen molar-refractivity contribution < 1.29 is 13.9 Å². The van der Waals surface area contributed by atoms with Gasteiger partial charge in [-0.3, -0.25) is 0 Å². The third-order valence-corrected chi connectivity index (χ3v) is 2.98. The Hall–Kier alpha value is -1.58. The van der Waals surface area contributed by atoms with Gasteiger partial charge in [0.1, 0.15) is 5.82 Å². The number of anilines is 1. The van der Waals surface area contributed by atoms with Crippen LogP contribution < -0.4 is 5.32 Å². The minimum Gasteiger partial charge on any atom is -0.465 e. The van der Waals surface area contributed by atoms with Crippen LogP contribution >= 0.6 is 0 Å².